The van der Waals surface area contributed by atoms with E-state index in [1.54, 1.807) is 21.0 Å². The summed E-state index contributed by atoms with van der Waals surface area (Å²) in [5.41, 5.74) is -0.974. The maximum Gasteiger partial charge on any atom is 0.169 e. The zero-order valence-corrected chi connectivity index (χ0v) is 8.32. The Balaban J connectivity index is 4.50. The summed E-state index contributed by atoms with van der Waals surface area (Å²) in [6, 6.07) is 0. The molecule has 2 nitrogen and oxygen atoms in total. The minimum absolute atomic E-state index is 0.132. The second-order valence-electron chi connectivity index (χ2n) is 4.29. The van der Waals surface area contributed by atoms with Gasteiger partial charge >= 0.3 is 0 Å². The highest BCUT2D eigenvalue weighted by Gasteiger charge is 2.35. The third kappa shape index (κ3) is 2.62. The number of carbonyl (C=O) groups excluding carboxylic acids is 1. The molecule has 0 unspecified atom stereocenters. The first kappa shape index (κ1) is 10.6. The van der Waals surface area contributed by atoms with E-state index in [-0.39, 0.29) is 11.2 Å². The lowest BCUT2D eigenvalue weighted by Gasteiger charge is -2.29. The summed E-state index contributed by atoms with van der Waals surface area (Å²) in [5, 5.41) is 0. The first-order valence-electron chi connectivity index (χ1n) is 3.82. The number of methoxy groups -OCH3 is 1. The third-order valence-corrected chi connectivity index (χ3v) is 1.74. The predicted molar refractivity (Wildman–Crippen MR) is 45.6 cm³/mol. The predicted octanol–water partition coefficient (Wildman–Crippen LogP) is 2.03. The molecule has 0 rings (SSSR count). The topological polar surface area (TPSA) is 26.3 Å². The maximum absolute atomic E-state index is 11.6. The first-order chi connectivity index (χ1) is 4.72. The summed E-state index contributed by atoms with van der Waals surface area (Å²) in [5.74, 6) is 0.132. The zero-order valence-electron chi connectivity index (χ0n) is 8.32. The Bertz CT molecular complexity index is 151. The van der Waals surface area contributed by atoms with Crippen molar-refractivity contribution in [1.29, 1.82) is 0 Å². The number of hydrogen-bond acceptors (Lipinski definition) is 2. The molecule has 0 fully saturated rings. The summed E-state index contributed by atoms with van der Waals surface area (Å²) >= 11 is 0. The van der Waals surface area contributed by atoms with Crippen molar-refractivity contribution in [3.63, 3.8) is 0 Å². The van der Waals surface area contributed by atoms with Crippen LogP contribution in [0.3, 0.4) is 0 Å². The number of rotatable bonds is 2. The van der Waals surface area contributed by atoms with Gasteiger partial charge in [0.1, 0.15) is 5.60 Å². The fraction of sp³-hybridized carbons (Fsp3) is 0.889. The molecule has 2 heteroatoms. The van der Waals surface area contributed by atoms with Crippen LogP contribution in [-0.4, -0.2) is 18.5 Å². The summed E-state index contributed by atoms with van der Waals surface area (Å²) < 4.78 is 5.08. The molecule has 0 aliphatic carbocycles. The molecule has 0 bridgehead atoms. The molecule has 0 aliphatic rings. The number of ketones is 1. The molecule has 0 atom stereocenters. The Morgan fingerprint density at radius 3 is 1.55 bits per heavy atom. The quantitative estimate of drug-likeness (QED) is 0.614. The lowest BCUT2D eigenvalue weighted by molar-refractivity contribution is -0.145. The average molecular weight is 158 g/mol. The molecular weight excluding hydrogens is 140 g/mol. The highest BCUT2D eigenvalue weighted by Crippen LogP contribution is 2.24. The SMILES string of the molecule is COC(C)(C)C(=O)C(C)(C)C. The van der Waals surface area contributed by atoms with Crippen LogP contribution in [0.1, 0.15) is 34.6 Å². The van der Waals surface area contributed by atoms with Crippen LogP contribution in [0, 0.1) is 5.41 Å². The Hall–Kier alpha value is -0.370. The molecule has 0 N–H and O–H groups in total. The molecule has 0 amide bonds. The van der Waals surface area contributed by atoms with Crippen LogP contribution in [0.2, 0.25) is 0 Å². The van der Waals surface area contributed by atoms with Crippen molar-refractivity contribution in [2.75, 3.05) is 7.11 Å². The van der Waals surface area contributed by atoms with E-state index in [9.17, 15) is 4.79 Å². The molecule has 0 aromatic heterocycles. The van der Waals surface area contributed by atoms with E-state index >= 15 is 0 Å². The van der Waals surface area contributed by atoms with E-state index < -0.39 is 5.60 Å². The van der Waals surface area contributed by atoms with Crippen molar-refractivity contribution in [2.45, 2.75) is 40.2 Å². The lowest BCUT2D eigenvalue weighted by atomic mass is 9.82. The number of ether oxygens (including phenoxy) is 1. The van der Waals surface area contributed by atoms with Gasteiger partial charge in [0.15, 0.2) is 5.78 Å². The van der Waals surface area contributed by atoms with Crippen LogP contribution in [0.25, 0.3) is 0 Å². The molecule has 11 heavy (non-hydrogen) atoms. The van der Waals surface area contributed by atoms with Crippen LogP contribution >= 0.6 is 0 Å². The van der Waals surface area contributed by atoms with Crippen molar-refractivity contribution >= 4 is 5.78 Å². The van der Waals surface area contributed by atoms with Crippen molar-refractivity contribution in [3.05, 3.63) is 0 Å². The van der Waals surface area contributed by atoms with Crippen molar-refractivity contribution in [3.8, 4) is 0 Å². The Morgan fingerprint density at radius 2 is 1.45 bits per heavy atom. The van der Waals surface area contributed by atoms with Crippen molar-refractivity contribution in [2.24, 2.45) is 5.41 Å². The van der Waals surface area contributed by atoms with Crippen molar-refractivity contribution in [1.82, 2.24) is 0 Å². The molecule has 0 aliphatic heterocycles. The second kappa shape index (κ2) is 2.94. The van der Waals surface area contributed by atoms with Gasteiger partial charge in [-0.1, -0.05) is 20.8 Å². The van der Waals surface area contributed by atoms with Gasteiger partial charge in [0, 0.05) is 12.5 Å². The molecule has 0 spiro atoms. The van der Waals surface area contributed by atoms with E-state index in [4.69, 9.17) is 4.74 Å². The minimum atomic E-state index is -0.655. The standard InChI is InChI=1S/C9H18O2/c1-8(2,3)7(10)9(4,5)11-6/h1-6H3. The number of hydrogen-bond donors (Lipinski definition) is 0. The molecule has 0 radical (unpaired) electrons. The van der Waals surface area contributed by atoms with Gasteiger partial charge in [-0.3, -0.25) is 4.79 Å². The first-order valence-corrected chi connectivity index (χ1v) is 3.82. The fourth-order valence-corrected chi connectivity index (χ4v) is 0.996. The van der Waals surface area contributed by atoms with E-state index in [1.807, 2.05) is 20.8 Å². The third-order valence-electron chi connectivity index (χ3n) is 1.74. The van der Waals surface area contributed by atoms with Gasteiger partial charge in [-0.15, -0.1) is 0 Å². The molecule has 0 aromatic rings. The maximum atomic E-state index is 11.6. The monoisotopic (exact) mass is 158 g/mol. The minimum Gasteiger partial charge on any atom is -0.371 e. The van der Waals surface area contributed by atoms with E-state index in [1.165, 1.54) is 0 Å². The van der Waals surface area contributed by atoms with Crippen LogP contribution in [0.5, 0.6) is 0 Å². The van der Waals surface area contributed by atoms with Crippen molar-refractivity contribution < 1.29 is 9.53 Å². The smallest absolute Gasteiger partial charge is 0.169 e. The van der Waals surface area contributed by atoms with Crippen LogP contribution in [-0.2, 0) is 9.53 Å². The van der Waals surface area contributed by atoms with Crippen LogP contribution < -0.4 is 0 Å². The Morgan fingerprint density at radius 1 is 1.09 bits per heavy atom. The van der Waals surface area contributed by atoms with E-state index in [0.29, 0.717) is 0 Å². The highest BCUT2D eigenvalue weighted by molar-refractivity contribution is 5.90. The van der Waals surface area contributed by atoms with E-state index in [2.05, 4.69) is 0 Å². The molecule has 0 saturated carbocycles. The highest BCUT2D eigenvalue weighted by atomic mass is 16.5. The number of Topliss-reactive ketones (excluding diaryl/α,β-unsaturated/α-hetero) is 1. The van der Waals surface area contributed by atoms with Crippen LogP contribution in [0.4, 0.5) is 0 Å². The van der Waals surface area contributed by atoms with Gasteiger partial charge in [0.05, 0.1) is 0 Å². The molecule has 0 saturated heterocycles. The van der Waals surface area contributed by atoms with Gasteiger partial charge in [-0.05, 0) is 13.8 Å². The molecule has 66 valence electrons. The summed E-state index contributed by atoms with van der Waals surface area (Å²) in [6.07, 6.45) is 0. The summed E-state index contributed by atoms with van der Waals surface area (Å²) in [7, 11) is 1.56. The number of carbonyl (C=O) groups is 1. The lowest BCUT2D eigenvalue weighted by Crippen LogP contribution is -2.41. The molecule has 0 heterocycles. The summed E-state index contributed by atoms with van der Waals surface area (Å²) in [4.78, 5) is 11.6. The van der Waals surface area contributed by atoms with Gasteiger partial charge < -0.3 is 4.74 Å². The Kier molecular flexibility index (Phi) is 2.84. The van der Waals surface area contributed by atoms with Gasteiger partial charge in [0.25, 0.3) is 0 Å². The Labute approximate surface area is 68.9 Å². The molecular formula is C9H18O2. The van der Waals surface area contributed by atoms with E-state index in [0.717, 1.165) is 0 Å². The summed E-state index contributed by atoms with van der Waals surface area (Å²) in [6.45, 7) is 9.28. The fourth-order valence-electron chi connectivity index (χ4n) is 0.996. The zero-order chi connectivity index (χ0) is 9.28. The van der Waals surface area contributed by atoms with Gasteiger partial charge in [-0.2, -0.15) is 0 Å². The average Bonchev–Trinajstić information content (AvgIpc) is 1.84. The second-order valence-corrected chi connectivity index (χ2v) is 4.29. The van der Waals surface area contributed by atoms with Gasteiger partial charge in [-0.25, -0.2) is 0 Å². The van der Waals surface area contributed by atoms with Crippen LogP contribution in [0.15, 0.2) is 0 Å². The molecule has 0 aromatic carbocycles. The van der Waals surface area contributed by atoms with Gasteiger partial charge in [0.2, 0.25) is 0 Å². The normalized spacial score (nSPS) is 13.3. The largest absolute Gasteiger partial charge is 0.371 e.